The van der Waals surface area contributed by atoms with Crippen LogP contribution in [0.25, 0.3) is 10.9 Å². The quantitative estimate of drug-likeness (QED) is 0.789. The SMILES string of the molecule is Cn1nc(C(=O)N[C@@H]2CCc3ccccc32)c2ccccc21. The minimum atomic E-state index is -0.0986. The zero-order chi connectivity index (χ0) is 15.1. The van der Waals surface area contributed by atoms with Crippen LogP contribution in [0.5, 0.6) is 0 Å². The zero-order valence-corrected chi connectivity index (χ0v) is 12.4. The van der Waals surface area contributed by atoms with E-state index in [2.05, 4.69) is 28.6 Å². The van der Waals surface area contributed by atoms with Gasteiger partial charge in [0, 0.05) is 12.4 Å². The molecule has 0 radical (unpaired) electrons. The molecule has 0 unspecified atom stereocenters. The monoisotopic (exact) mass is 291 g/mol. The van der Waals surface area contributed by atoms with Gasteiger partial charge in [-0.2, -0.15) is 5.10 Å². The third kappa shape index (κ3) is 1.99. The summed E-state index contributed by atoms with van der Waals surface area (Å²) in [6.07, 6.45) is 1.97. The molecule has 110 valence electrons. The van der Waals surface area contributed by atoms with Gasteiger partial charge in [0.25, 0.3) is 5.91 Å². The molecule has 4 nitrogen and oxygen atoms in total. The van der Waals surface area contributed by atoms with Crippen LogP contribution < -0.4 is 5.32 Å². The van der Waals surface area contributed by atoms with E-state index < -0.39 is 0 Å². The van der Waals surface area contributed by atoms with Crippen molar-refractivity contribution in [2.45, 2.75) is 18.9 Å². The van der Waals surface area contributed by atoms with Crippen molar-refractivity contribution in [1.29, 1.82) is 0 Å². The zero-order valence-electron chi connectivity index (χ0n) is 12.4. The first-order valence-corrected chi connectivity index (χ1v) is 7.54. The molecule has 2 aromatic carbocycles. The minimum absolute atomic E-state index is 0.0875. The summed E-state index contributed by atoms with van der Waals surface area (Å²) in [5, 5.41) is 8.43. The summed E-state index contributed by atoms with van der Waals surface area (Å²) in [6, 6.07) is 16.2. The minimum Gasteiger partial charge on any atom is -0.344 e. The number of amides is 1. The number of hydrogen-bond acceptors (Lipinski definition) is 2. The van der Waals surface area contributed by atoms with Crippen molar-refractivity contribution in [3.63, 3.8) is 0 Å². The highest BCUT2D eigenvalue weighted by Crippen LogP contribution is 2.31. The lowest BCUT2D eigenvalue weighted by Crippen LogP contribution is -2.27. The van der Waals surface area contributed by atoms with Crippen molar-refractivity contribution in [2.24, 2.45) is 7.05 Å². The first kappa shape index (κ1) is 13.1. The second-order valence-electron chi connectivity index (χ2n) is 5.75. The molecule has 0 spiro atoms. The van der Waals surface area contributed by atoms with Crippen LogP contribution >= 0.6 is 0 Å². The summed E-state index contributed by atoms with van der Waals surface area (Å²) < 4.78 is 1.76. The lowest BCUT2D eigenvalue weighted by Gasteiger charge is -2.13. The molecule has 1 aliphatic rings. The molecule has 4 heteroatoms. The van der Waals surface area contributed by atoms with E-state index in [0.717, 1.165) is 23.7 Å². The van der Waals surface area contributed by atoms with Crippen LogP contribution in [0, 0.1) is 0 Å². The highest BCUT2D eigenvalue weighted by atomic mass is 16.2. The number of aromatic nitrogens is 2. The second kappa shape index (κ2) is 4.98. The van der Waals surface area contributed by atoms with Crippen LogP contribution in [-0.4, -0.2) is 15.7 Å². The average molecular weight is 291 g/mol. The Hall–Kier alpha value is -2.62. The third-order valence-electron chi connectivity index (χ3n) is 4.41. The first-order valence-electron chi connectivity index (χ1n) is 7.54. The van der Waals surface area contributed by atoms with Crippen LogP contribution in [0.3, 0.4) is 0 Å². The molecule has 3 aromatic rings. The number of rotatable bonds is 2. The first-order chi connectivity index (χ1) is 10.7. The van der Waals surface area contributed by atoms with Crippen molar-refractivity contribution in [3.8, 4) is 0 Å². The Bertz CT molecular complexity index is 866. The van der Waals surface area contributed by atoms with Crippen LogP contribution in [-0.2, 0) is 13.5 Å². The molecule has 0 aliphatic heterocycles. The number of fused-ring (bicyclic) bond motifs is 2. The van der Waals surface area contributed by atoms with Gasteiger partial charge in [-0.1, -0.05) is 42.5 Å². The van der Waals surface area contributed by atoms with Crippen molar-refractivity contribution in [1.82, 2.24) is 15.1 Å². The molecule has 1 heterocycles. The number of aryl methyl sites for hydroxylation is 2. The molecule has 0 fully saturated rings. The van der Waals surface area contributed by atoms with Crippen LogP contribution in [0.15, 0.2) is 48.5 Å². The molecule has 1 aliphatic carbocycles. The lowest BCUT2D eigenvalue weighted by molar-refractivity contribution is 0.0932. The lowest BCUT2D eigenvalue weighted by atomic mass is 10.1. The predicted molar refractivity (Wildman–Crippen MR) is 85.7 cm³/mol. The average Bonchev–Trinajstić information content (AvgIpc) is 3.10. The number of benzene rings is 2. The van der Waals surface area contributed by atoms with Gasteiger partial charge in [0.15, 0.2) is 5.69 Å². The van der Waals surface area contributed by atoms with E-state index in [4.69, 9.17) is 0 Å². The molecule has 22 heavy (non-hydrogen) atoms. The second-order valence-corrected chi connectivity index (χ2v) is 5.75. The topological polar surface area (TPSA) is 46.9 Å². The Morgan fingerprint density at radius 2 is 1.95 bits per heavy atom. The van der Waals surface area contributed by atoms with Gasteiger partial charge in [-0.25, -0.2) is 0 Å². The summed E-state index contributed by atoms with van der Waals surface area (Å²) in [5.41, 5.74) is 4.04. The van der Waals surface area contributed by atoms with Crippen LogP contribution in [0.4, 0.5) is 0 Å². The van der Waals surface area contributed by atoms with Gasteiger partial charge in [-0.15, -0.1) is 0 Å². The third-order valence-corrected chi connectivity index (χ3v) is 4.41. The normalized spacial score (nSPS) is 16.7. The number of nitrogens with zero attached hydrogens (tertiary/aromatic N) is 2. The van der Waals surface area contributed by atoms with E-state index >= 15 is 0 Å². The van der Waals surface area contributed by atoms with Gasteiger partial charge in [-0.05, 0) is 30.0 Å². The Balaban J connectivity index is 1.65. The predicted octanol–water partition coefficient (Wildman–Crippen LogP) is 2.99. The van der Waals surface area contributed by atoms with Gasteiger partial charge in [0.05, 0.1) is 11.6 Å². The fraction of sp³-hybridized carbons (Fsp3) is 0.222. The molecular formula is C18H17N3O. The van der Waals surface area contributed by atoms with Gasteiger partial charge in [0.1, 0.15) is 0 Å². The maximum absolute atomic E-state index is 12.7. The fourth-order valence-corrected chi connectivity index (χ4v) is 3.32. The highest BCUT2D eigenvalue weighted by Gasteiger charge is 2.25. The highest BCUT2D eigenvalue weighted by molar-refractivity contribution is 6.05. The Kier molecular flexibility index (Phi) is 2.96. The molecule has 1 atom stereocenters. The number of carbonyl (C=O) groups excluding carboxylic acids is 1. The smallest absolute Gasteiger partial charge is 0.272 e. The number of carbonyl (C=O) groups is 1. The van der Waals surface area contributed by atoms with Crippen molar-refractivity contribution in [2.75, 3.05) is 0 Å². The van der Waals surface area contributed by atoms with E-state index in [9.17, 15) is 4.79 Å². The van der Waals surface area contributed by atoms with E-state index in [1.807, 2.05) is 37.4 Å². The number of hydrogen-bond donors (Lipinski definition) is 1. The summed E-state index contributed by atoms with van der Waals surface area (Å²) in [4.78, 5) is 12.7. The molecular weight excluding hydrogens is 274 g/mol. The number of nitrogens with one attached hydrogen (secondary N) is 1. The Morgan fingerprint density at radius 1 is 1.18 bits per heavy atom. The molecule has 0 saturated carbocycles. The van der Waals surface area contributed by atoms with Gasteiger partial charge in [-0.3, -0.25) is 9.48 Å². The number of para-hydroxylation sites is 1. The van der Waals surface area contributed by atoms with E-state index in [1.165, 1.54) is 11.1 Å². The Morgan fingerprint density at radius 3 is 2.86 bits per heavy atom. The van der Waals surface area contributed by atoms with Crippen LogP contribution in [0.2, 0.25) is 0 Å². The molecule has 4 rings (SSSR count). The maximum atomic E-state index is 12.7. The van der Waals surface area contributed by atoms with Gasteiger partial charge in [0.2, 0.25) is 0 Å². The molecule has 1 amide bonds. The van der Waals surface area contributed by atoms with Crippen LogP contribution in [0.1, 0.15) is 34.1 Å². The fourth-order valence-electron chi connectivity index (χ4n) is 3.32. The van der Waals surface area contributed by atoms with Gasteiger partial charge < -0.3 is 5.32 Å². The van der Waals surface area contributed by atoms with Crippen molar-refractivity contribution >= 4 is 16.8 Å². The van der Waals surface area contributed by atoms with E-state index in [-0.39, 0.29) is 11.9 Å². The molecule has 1 N–H and O–H groups in total. The molecule has 0 saturated heterocycles. The summed E-state index contributed by atoms with van der Waals surface area (Å²) in [6.45, 7) is 0. The Labute approximate surface area is 128 Å². The summed E-state index contributed by atoms with van der Waals surface area (Å²) >= 11 is 0. The summed E-state index contributed by atoms with van der Waals surface area (Å²) in [7, 11) is 1.87. The molecule has 0 bridgehead atoms. The van der Waals surface area contributed by atoms with Crippen molar-refractivity contribution in [3.05, 3.63) is 65.4 Å². The van der Waals surface area contributed by atoms with E-state index in [1.54, 1.807) is 4.68 Å². The molecule has 1 aromatic heterocycles. The van der Waals surface area contributed by atoms with Crippen molar-refractivity contribution < 1.29 is 4.79 Å². The standard InChI is InChI=1S/C18H17N3O/c1-21-16-9-5-4-8-14(16)17(20-21)18(22)19-15-11-10-12-6-2-3-7-13(12)15/h2-9,15H,10-11H2,1H3,(H,19,22)/t15-/m1/s1. The van der Waals surface area contributed by atoms with Gasteiger partial charge >= 0.3 is 0 Å². The largest absolute Gasteiger partial charge is 0.344 e. The van der Waals surface area contributed by atoms with E-state index in [0.29, 0.717) is 5.69 Å². The maximum Gasteiger partial charge on any atom is 0.272 e. The summed E-state index contributed by atoms with van der Waals surface area (Å²) in [5.74, 6) is -0.0986.